The number of hydrogen-bond donors (Lipinski definition) is 3. The molecule has 0 radical (unpaired) electrons. The highest BCUT2D eigenvalue weighted by Crippen LogP contribution is 2.27. The van der Waals surface area contributed by atoms with Crippen LogP contribution >= 0.6 is 0 Å². The third-order valence-electron chi connectivity index (χ3n) is 4.06. The van der Waals surface area contributed by atoms with Gasteiger partial charge in [-0.25, -0.2) is 14.8 Å². The van der Waals surface area contributed by atoms with Crippen LogP contribution < -0.4 is 21.0 Å². The Hall–Kier alpha value is -3.43. The van der Waals surface area contributed by atoms with Gasteiger partial charge in [0.2, 0.25) is 5.91 Å². The Morgan fingerprint density at radius 1 is 1.26 bits per heavy atom. The van der Waals surface area contributed by atoms with Gasteiger partial charge in [-0.05, 0) is 12.1 Å². The smallest absolute Gasteiger partial charge is 0.315 e. The number of amidine groups is 1. The molecular formula is C17H20N6O4. The second-order valence-electron chi connectivity index (χ2n) is 5.88. The normalized spacial score (nSPS) is 20.4. The molecular weight excluding hydrogens is 352 g/mol. The summed E-state index contributed by atoms with van der Waals surface area (Å²) in [5.41, 5.74) is 0.826. The largest absolute Gasteiger partial charge is 0.469 e. The zero-order valence-corrected chi connectivity index (χ0v) is 14.7. The number of hydrogen-bond acceptors (Lipinski definition) is 7. The van der Waals surface area contributed by atoms with Crippen molar-refractivity contribution in [3.8, 4) is 0 Å². The summed E-state index contributed by atoms with van der Waals surface area (Å²) in [6, 6.07) is 8.95. The van der Waals surface area contributed by atoms with E-state index in [1.165, 1.54) is 7.11 Å². The fourth-order valence-electron chi connectivity index (χ4n) is 2.69. The second-order valence-corrected chi connectivity index (χ2v) is 5.88. The number of rotatable bonds is 6. The number of para-hydroxylation sites is 1. The molecule has 0 fully saturated rings. The molecule has 142 valence electrons. The third-order valence-corrected chi connectivity index (χ3v) is 4.06. The predicted molar refractivity (Wildman–Crippen MR) is 98.3 cm³/mol. The summed E-state index contributed by atoms with van der Waals surface area (Å²) in [6.45, 7) is 0.194. The van der Waals surface area contributed by atoms with Gasteiger partial charge in [0, 0.05) is 12.8 Å². The van der Waals surface area contributed by atoms with Crippen molar-refractivity contribution >= 4 is 35.6 Å². The van der Waals surface area contributed by atoms with Crippen molar-refractivity contribution in [2.24, 2.45) is 16.0 Å². The number of urea groups is 1. The average molecular weight is 372 g/mol. The van der Waals surface area contributed by atoms with Crippen LogP contribution in [-0.2, 0) is 14.3 Å². The molecule has 10 heteroatoms. The van der Waals surface area contributed by atoms with Crippen molar-refractivity contribution in [3.63, 3.8) is 0 Å². The van der Waals surface area contributed by atoms with Crippen LogP contribution in [-0.4, -0.2) is 56.3 Å². The number of hydrazone groups is 1. The molecule has 2 atom stereocenters. The van der Waals surface area contributed by atoms with Crippen molar-refractivity contribution in [2.45, 2.75) is 12.6 Å². The fraction of sp³-hybridized carbons (Fsp3) is 0.353. The van der Waals surface area contributed by atoms with Crippen LogP contribution in [0.25, 0.3) is 0 Å². The van der Waals surface area contributed by atoms with E-state index in [9.17, 15) is 14.4 Å². The van der Waals surface area contributed by atoms with Crippen LogP contribution in [0.15, 0.2) is 40.4 Å². The molecule has 2 aliphatic heterocycles. The second kappa shape index (κ2) is 8.30. The van der Waals surface area contributed by atoms with Gasteiger partial charge in [-0.2, -0.15) is 5.10 Å². The molecule has 0 bridgehead atoms. The van der Waals surface area contributed by atoms with Crippen molar-refractivity contribution < 1.29 is 19.1 Å². The Bertz CT molecular complexity index is 779. The monoisotopic (exact) mass is 372 g/mol. The van der Waals surface area contributed by atoms with E-state index < -0.39 is 24.1 Å². The van der Waals surface area contributed by atoms with Gasteiger partial charge in [0.1, 0.15) is 11.8 Å². The summed E-state index contributed by atoms with van der Waals surface area (Å²) in [5, 5.41) is 13.8. The molecule has 0 unspecified atom stereocenters. The Balaban J connectivity index is 1.58. The highest BCUT2D eigenvalue weighted by Gasteiger charge is 2.40. The summed E-state index contributed by atoms with van der Waals surface area (Å²) in [6.07, 6.45) is 1.16. The zero-order valence-electron chi connectivity index (χ0n) is 14.7. The van der Waals surface area contributed by atoms with E-state index in [0.717, 1.165) is 5.69 Å². The van der Waals surface area contributed by atoms with Crippen LogP contribution in [0.1, 0.15) is 6.42 Å². The maximum absolute atomic E-state index is 12.3. The van der Waals surface area contributed by atoms with Gasteiger partial charge in [0.15, 0.2) is 6.17 Å². The molecule has 0 aliphatic carbocycles. The topological polar surface area (TPSA) is 124 Å². The molecule has 10 nitrogen and oxygen atoms in total. The van der Waals surface area contributed by atoms with Crippen molar-refractivity contribution in [3.05, 3.63) is 30.3 Å². The molecule has 0 spiro atoms. The van der Waals surface area contributed by atoms with Crippen LogP contribution in [0.2, 0.25) is 0 Å². The Kier molecular flexibility index (Phi) is 5.64. The lowest BCUT2D eigenvalue weighted by atomic mass is 10.1. The van der Waals surface area contributed by atoms with Crippen LogP contribution in [0, 0.1) is 5.92 Å². The number of methoxy groups -OCH3 is 1. The Labute approximate surface area is 155 Å². The highest BCUT2D eigenvalue weighted by atomic mass is 16.5. The lowest BCUT2D eigenvalue weighted by Gasteiger charge is -2.28. The molecule has 2 aliphatic rings. The standard InChI is InChI=1S/C17H20N6O4/c1-27-14(24)7-8-18-17(26)19-10-13-21-15-12(16(25)22-13)9-20-23(15)11-5-3-2-4-6-11/h2-6,9,12,15H,7-8,10H2,1H3,(H2,18,19,26)(H,21,22,25)/t12-,15-/m1/s1. The first kappa shape index (κ1) is 18.4. The van der Waals surface area contributed by atoms with Gasteiger partial charge < -0.3 is 20.7 Å². The zero-order chi connectivity index (χ0) is 19.2. The number of esters is 1. The van der Waals surface area contributed by atoms with Crippen molar-refractivity contribution in [1.82, 2.24) is 16.0 Å². The van der Waals surface area contributed by atoms with Crippen LogP contribution in [0.3, 0.4) is 0 Å². The van der Waals surface area contributed by atoms with E-state index in [2.05, 4.69) is 30.8 Å². The van der Waals surface area contributed by atoms with Crippen molar-refractivity contribution in [2.75, 3.05) is 25.2 Å². The van der Waals surface area contributed by atoms with Gasteiger partial charge >= 0.3 is 12.0 Å². The number of benzene rings is 1. The molecule has 3 rings (SSSR count). The molecule has 0 saturated heterocycles. The summed E-state index contributed by atoms with van der Waals surface area (Å²) in [5.74, 6) is -0.772. The highest BCUT2D eigenvalue weighted by molar-refractivity contribution is 6.09. The number of fused-ring (bicyclic) bond motifs is 1. The number of nitrogens with zero attached hydrogens (tertiary/aromatic N) is 3. The number of aliphatic imine (C=N–C) groups is 1. The maximum atomic E-state index is 12.3. The Morgan fingerprint density at radius 2 is 2.04 bits per heavy atom. The molecule has 2 heterocycles. The number of ether oxygens (including phenoxy) is 1. The van der Waals surface area contributed by atoms with Gasteiger partial charge in [-0.15, -0.1) is 0 Å². The van der Waals surface area contributed by atoms with Gasteiger partial charge in [-0.3, -0.25) is 9.59 Å². The van der Waals surface area contributed by atoms with E-state index in [-0.39, 0.29) is 25.4 Å². The summed E-state index contributed by atoms with van der Waals surface area (Å²) in [4.78, 5) is 39.6. The first-order chi connectivity index (χ1) is 13.1. The molecule has 0 aromatic heterocycles. The molecule has 1 aromatic carbocycles. The fourth-order valence-corrected chi connectivity index (χ4v) is 2.69. The number of nitrogens with one attached hydrogen (secondary N) is 3. The molecule has 1 aromatic rings. The van der Waals surface area contributed by atoms with E-state index in [0.29, 0.717) is 5.84 Å². The molecule has 3 amide bonds. The van der Waals surface area contributed by atoms with E-state index >= 15 is 0 Å². The lowest BCUT2D eigenvalue weighted by Crippen LogP contribution is -2.52. The minimum absolute atomic E-state index is 0.0433. The number of amides is 3. The van der Waals surface area contributed by atoms with Gasteiger partial charge in [0.05, 0.1) is 25.8 Å². The van der Waals surface area contributed by atoms with Crippen LogP contribution in [0.4, 0.5) is 10.5 Å². The summed E-state index contributed by atoms with van der Waals surface area (Å²) in [7, 11) is 1.28. The van der Waals surface area contributed by atoms with E-state index in [4.69, 9.17) is 0 Å². The Morgan fingerprint density at radius 3 is 2.78 bits per heavy atom. The predicted octanol–water partition coefficient (Wildman–Crippen LogP) is -0.175. The number of carbonyl (C=O) groups excluding carboxylic acids is 3. The molecule has 3 N–H and O–H groups in total. The van der Waals surface area contributed by atoms with E-state index in [1.807, 2.05) is 30.3 Å². The van der Waals surface area contributed by atoms with Gasteiger partial charge in [0.25, 0.3) is 0 Å². The lowest BCUT2D eigenvalue weighted by molar-refractivity contribution is -0.140. The number of anilines is 1. The summed E-state index contributed by atoms with van der Waals surface area (Å²) >= 11 is 0. The van der Waals surface area contributed by atoms with Crippen LogP contribution in [0.5, 0.6) is 0 Å². The average Bonchev–Trinajstić information content (AvgIpc) is 3.11. The molecule has 0 saturated carbocycles. The summed E-state index contributed by atoms with van der Waals surface area (Å²) < 4.78 is 4.49. The SMILES string of the molecule is COC(=O)CCNC(=O)NCC1=N[C@H]2[C@@H](C=NN2c2ccccc2)C(=O)N1. The van der Waals surface area contributed by atoms with Crippen molar-refractivity contribution in [1.29, 1.82) is 0 Å². The quantitative estimate of drug-likeness (QED) is 0.598. The number of carbonyl (C=O) groups is 3. The first-order valence-electron chi connectivity index (χ1n) is 8.43. The van der Waals surface area contributed by atoms with E-state index in [1.54, 1.807) is 11.2 Å². The first-order valence-corrected chi connectivity index (χ1v) is 8.43. The third kappa shape index (κ3) is 4.40. The van der Waals surface area contributed by atoms with Gasteiger partial charge in [-0.1, -0.05) is 18.2 Å². The minimum atomic E-state index is -0.486. The minimum Gasteiger partial charge on any atom is -0.469 e. The molecule has 27 heavy (non-hydrogen) atoms. The maximum Gasteiger partial charge on any atom is 0.315 e.